The maximum Gasteiger partial charge on any atom is 0.246 e. The van der Waals surface area contributed by atoms with Crippen LogP contribution in [0, 0.1) is 0 Å². The molecule has 1 aliphatic heterocycles. The Hall–Kier alpha value is -2.62. The van der Waals surface area contributed by atoms with E-state index in [1.54, 1.807) is 18.2 Å². The molecular weight excluding hydrogens is 300 g/mol. The minimum absolute atomic E-state index is 0.0538. The normalized spacial score (nSPS) is 14.7. The highest BCUT2D eigenvalue weighted by atomic mass is 16.2. The largest absolute Gasteiger partial charge is 0.360 e. The second-order valence-corrected chi connectivity index (χ2v) is 6.19. The minimum Gasteiger partial charge on any atom is -0.360 e. The molecule has 0 bridgehead atoms. The summed E-state index contributed by atoms with van der Waals surface area (Å²) in [5, 5.41) is 2.92. The average molecular weight is 322 g/mol. The molecule has 4 nitrogen and oxygen atoms in total. The average Bonchev–Trinajstić information content (AvgIpc) is 2.61. The Kier molecular flexibility index (Phi) is 4.65. The van der Waals surface area contributed by atoms with Crippen LogP contribution in [0.3, 0.4) is 0 Å². The van der Waals surface area contributed by atoms with E-state index in [9.17, 15) is 9.59 Å². The summed E-state index contributed by atoms with van der Waals surface area (Å²) in [6.45, 7) is 4.28. The molecule has 124 valence electrons. The zero-order valence-corrected chi connectivity index (χ0v) is 14.1. The van der Waals surface area contributed by atoms with Gasteiger partial charge in [-0.2, -0.15) is 0 Å². The lowest BCUT2D eigenvalue weighted by Crippen LogP contribution is -2.44. The SMILES string of the molecule is CC(=O)c1ccccc1NC(=O)C(C)N1CCCc2ccccc21. The van der Waals surface area contributed by atoms with Gasteiger partial charge >= 0.3 is 0 Å². The van der Waals surface area contributed by atoms with Gasteiger partial charge in [0.15, 0.2) is 5.78 Å². The first-order chi connectivity index (χ1) is 11.6. The molecule has 4 heteroatoms. The van der Waals surface area contributed by atoms with Crippen molar-refractivity contribution < 1.29 is 9.59 Å². The van der Waals surface area contributed by atoms with Gasteiger partial charge in [0.2, 0.25) is 5.91 Å². The van der Waals surface area contributed by atoms with E-state index in [0.29, 0.717) is 11.3 Å². The number of fused-ring (bicyclic) bond motifs is 1. The molecule has 0 radical (unpaired) electrons. The Labute approximate surface area is 142 Å². The summed E-state index contributed by atoms with van der Waals surface area (Å²) < 4.78 is 0. The van der Waals surface area contributed by atoms with Crippen molar-refractivity contribution in [3.8, 4) is 0 Å². The lowest BCUT2D eigenvalue weighted by atomic mass is 10.00. The zero-order valence-electron chi connectivity index (χ0n) is 14.1. The quantitative estimate of drug-likeness (QED) is 0.874. The van der Waals surface area contributed by atoms with Crippen molar-refractivity contribution in [2.24, 2.45) is 0 Å². The van der Waals surface area contributed by atoms with E-state index in [1.165, 1.54) is 12.5 Å². The number of hydrogen-bond donors (Lipinski definition) is 1. The number of hydrogen-bond acceptors (Lipinski definition) is 3. The van der Waals surface area contributed by atoms with Crippen molar-refractivity contribution in [3.05, 3.63) is 59.7 Å². The maximum atomic E-state index is 12.7. The molecule has 2 aromatic carbocycles. The summed E-state index contributed by atoms with van der Waals surface area (Å²) in [6, 6.07) is 15.1. The number of anilines is 2. The summed E-state index contributed by atoms with van der Waals surface area (Å²) in [4.78, 5) is 26.6. The number of carbonyl (C=O) groups excluding carboxylic acids is 2. The standard InChI is InChI=1S/C20H22N2O2/c1-14(22-13-7-9-16-8-3-6-12-19(16)22)20(24)21-18-11-5-4-10-17(18)15(2)23/h3-6,8,10-12,14H,7,9,13H2,1-2H3,(H,21,24). The first-order valence-corrected chi connectivity index (χ1v) is 8.33. The van der Waals surface area contributed by atoms with Gasteiger partial charge in [-0.05, 0) is 50.5 Å². The van der Waals surface area contributed by atoms with E-state index in [1.807, 2.05) is 25.1 Å². The predicted molar refractivity (Wildman–Crippen MR) is 96.6 cm³/mol. The van der Waals surface area contributed by atoms with Crippen molar-refractivity contribution in [1.29, 1.82) is 0 Å². The van der Waals surface area contributed by atoms with Crippen molar-refractivity contribution in [3.63, 3.8) is 0 Å². The van der Waals surface area contributed by atoms with Crippen molar-refractivity contribution in [1.82, 2.24) is 0 Å². The number of nitrogens with zero attached hydrogens (tertiary/aromatic N) is 1. The van der Waals surface area contributed by atoms with Gasteiger partial charge in [0, 0.05) is 17.8 Å². The Morgan fingerprint density at radius 2 is 1.79 bits per heavy atom. The van der Waals surface area contributed by atoms with E-state index < -0.39 is 0 Å². The molecule has 1 unspecified atom stereocenters. The van der Waals surface area contributed by atoms with Crippen LogP contribution < -0.4 is 10.2 Å². The highest BCUT2D eigenvalue weighted by Crippen LogP contribution is 2.28. The Bertz CT molecular complexity index is 770. The van der Waals surface area contributed by atoms with Gasteiger partial charge in [0.25, 0.3) is 0 Å². The third-order valence-electron chi connectivity index (χ3n) is 4.56. The highest BCUT2D eigenvalue weighted by molar-refractivity contribution is 6.05. The van der Waals surface area contributed by atoms with Gasteiger partial charge in [-0.25, -0.2) is 0 Å². The number of nitrogens with one attached hydrogen (secondary N) is 1. The number of rotatable bonds is 4. The number of carbonyl (C=O) groups is 2. The second-order valence-electron chi connectivity index (χ2n) is 6.19. The van der Waals surface area contributed by atoms with Crippen molar-refractivity contribution >= 4 is 23.1 Å². The van der Waals surface area contributed by atoms with Gasteiger partial charge < -0.3 is 10.2 Å². The molecule has 0 aromatic heterocycles. The number of para-hydroxylation sites is 2. The summed E-state index contributed by atoms with van der Waals surface area (Å²) in [7, 11) is 0. The van der Waals surface area contributed by atoms with E-state index in [-0.39, 0.29) is 17.7 Å². The molecule has 1 amide bonds. The van der Waals surface area contributed by atoms with Crippen LogP contribution in [-0.2, 0) is 11.2 Å². The second kappa shape index (κ2) is 6.87. The third-order valence-corrected chi connectivity index (χ3v) is 4.56. The summed E-state index contributed by atoms with van der Waals surface area (Å²) >= 11 is 0. The van der Waals surface area contributed by atoms with E-state index in [0.717, 1.165) is 25.1 Å². The molecule has 24 heavy (non-hydrogen) atoms. The lowest BCUT2D eigenvalue weighted by molar-refractivity contribution is -0.117. The molecule has 0 aliphatic carbocycles. The van der Waals surface area contributed by atoms with Crippen LogP contribution in [0.25, 0.3) is 0 Å². The third kappa shape index (κ3) is 3.18. The topological polar surface area (TPSA) is 49.4 Å². The molecule has 0 saturated heterocycles. The van der Waals surface area contributed by atoms with Crippen LogP contribution in [0.4, 0.5) is 11.4 Å². The summed E-state index contributed by atoms with van der Waals surface area (Å²) in [6.07, 6.45) is 2.09. The van der Waals surface area contributed by atoms with Gasteiger partial charge in [-0.3, -0.25) is 9.59 Å². The van der Waals surface area contributed by atoms with Gasteiger partial charge in [-0.15, -0.1) is 0 Å². The smallest absolute Gasteiger partial charge is 0.246 e. The molecule has 1 N–H and O–H groups in total. The Morgan fingerprint density at radius 1 is 1.08 bits per heavy atom. The summed E-state index contributed by atoms with van der Waals surface area (Å²) in [5.41, 5.74) is 3.53. The van der Waals surface area contributed by atoms with Crippen molar-refractivity contribution in [2.45, 2.75) is 32.7 Å². The number of ketones is 1. The molecule has 1 heterocycles. The van der Waals surface area contributed by atoms with Crippen LogP contribution >= 0.6 is 0 Å². The minimum atomic E-state index is -0.300. The number of amides is 1. The molecular formula is C20H22N2O2. The van der Waals surface area contributed by atoms with E-state index >= 15 is 0 Å². The molecule has 1 aliphatic rings. The Balaban J connectivity index is 1.81. The fourth-order valence-electron chi connectivity index (χ4n) is 3.24. The Morgan fingerprint density at radius 3 is 2.58 bits per heavy atom. The summed E-state index contributed by atoms with van der Waals surface area (Å²) in [5.74, 6) is -0.151. The lowest BCUT2D eigenvalue weighted by Gasteiger charge is -2.35. The molecule has 0 spiro atoms. The zero-order chi connectivity index (χ0) is 17.1. The molecule has 2 aromatic rings. The monoisotopic (exact) mass is 322 g/mol. The van der Waals surface area contributed by atoms with Crippen LogP contribution in [0.2, 0.25) is 0 Å². The fourth-order valence-corrected chi connectivity index (χ4v) is 3.24. The number of aryl methyl sites for hydroxylation is 1. The molecule has 1 atom stereocenters. The number of benzene rings is 2. The molecule has 0 fully saturated rings. The predicted octanol–water partition coefficient (Wildman–Crippen LogP) is 3.67. The van der Waals surface area contributed by atoms with Crippen LogP contribution in [-0.4, -0.2) is 24.3 Å². The highest BCUT2D eigenvalue weighted by Gasteiger charge is 2.26. The van der Waals surface area contributed by atoms with E-state index in [2.05, 4.69) is 22.3 Å². The fraction of sp³-hybridized carbons (Fsp3) is 0.300. The van der Waals surface area contributed by atoms with Crippen LogP contribution in [0.1, 0.15) is 36.2 Å². The van der Waals surface area contributed by atoms with Crippen LogP contribution in [0.5, 0.6) is 0 Å². The van der Waals surface area contributed by atoms with Crippen LogP contribution in [0.15, 0.2) is 48.5 Å². The van der Waals surface area contributed by atoms with Gasteiger partial charge in [-0.1, -0.05) is 30.3 Å². The van der Waals surface area contributed by atoms with Gasteiger partial charge in [0.1, 0.15) is 6.04 Å². The van der Waals surface area contributed by atoms with Crippen molar-refractivity contribution in [2.75, 3.05) is 16.8 Å². The van der Waals surface area contributed by atoms with E-state index in [4.69, 9.17) is 0 Å². The molecule has 3 rings (SSSR count). The van der Waals surface area contributed by atoms with Gasteiger partial charge in [0.05, 0.1) is 5.69 Å². The molecule has 0 saturated carbocycles. The first kappa shape index (κ1) is 16.2. The first-order valence-electron chi connectivity index (χ1n) is 8.33. The number of Topliss-reactive ketones (excluding diaryl/α,β-unsaturated/α-hetero) is 1. The maximum absolute atomic E-state index is 12.7.